The second-order valence-corrected chi connectivity index (χ2v) is 4.53. The smallest absolute Gasteiger partial charge is 0.0958 e. The molecule has 1 aliphatic heterocycles. The highest BCUT2D eigenvalue weighted by Crippen LogP contribution is 2.16. The van der Waals surface area contributed by atoms with Gasteiger partial charge in [0.1, 0.15) is 0 Å². The van der Waals surface area contributed by atoms with Crippen LogP contribution in [0.4, 0.5) is 5.69 Å². The Morgan fingerprint density at radius 3 is 3.13 bits per heavy atom. The van der Waals surface area contributed by atoms with E-state index in [1.165, 1.54) is 6.42 Å². The van der Waals surface area contributed by atoms with Gasteiger partial charge >= 0.3 is 0 Å². The van der Waals surface area contributed by atoms with Crippen LogP contribution in [0.5, 0.6) is 0 Å². The number of nitrogens with zero attached hydrogens (tertiary/aromatic N) is 1. The van der Waals surface area contributed by atoms with Crippen LogP contribution >= 0.6 is 11.8 Å². The fourth-order valence-electron chi connectivity index (χ4n) is 1.61. The highest BCUT2D eigenvalue weighted by Gasteiger charge is 2.14. The monoisotopic (exact) mass is 224 g/mol. The van der Waals surface area contributed by atoms with Crippen LogP contribution in [0.15, 0.2) is 23.4 Å². The molecule has 1 atom stereocenters. The number of rotatable bonds is 4. The Balaban J connectivity index is 1.82. The zero-order valence-corrected chi connectivity index (χ0v) is 9.72. The van der Waals surface area contributed by atoms with Crippen molar-refractivity contribution in [1.29, 1.82) is 0 Å². The fraction of sp³-hybridized carbons (Fsp3) is 0.545. The van der Waals surface area contributed by atoms with E-state index in [4.69, 9.17) is 4.74 Å². The molecule has 0 radical (unpaired) electrons. The molecule has 1 aromatic heterocycles. The van der Waals surface area contributed by atoms with Crippen LogP contribution in [-0.4, -0.2) is 31.0 Å². The predicted octanol–water partition coefficient (Wildman–Crippen LogP) is 2.25. The van der Waals surface area contributed by atoms with E-state index in [0.717, 1.165) is 30.5 Å². The van der Waals surface area contributed by atoms with Gasteiger partial charge in [0.05, 0.1) is 23.5 Å². The Hall–Kier alpha value is -0.740. The molecule has 0 bridgehead atoms. The standard InChI is InChI=1S/C11H16N2OS/c1-15-11-3-2-10(7-13-11)12-6-9-4-5-14-8-9/h2-3,7,9,12H,4-6,8H2,1H3. The normalized spacial score (nSPS) is 20.5. The van der Waals surface area contributed by atoms with Crippen LogP contribution in [0.3, 0.4) is 0 Å². The third kappa shape index (κ3) is 3.11. The predicted molar refractivity (Wildman–Crippen MR) is 63.4 cm³/mol. The van der Waals surface area contributed by atoms with E-state index in [1.807, 2.05) is 18.5 Å². The molecule has 15 heavy (non-hydrogen) atoms. The number of thioether (sulfide) groups is 1. The van der Waals surface area contributed by atoms with Gasteiger partial charge < -0.3 is 10.1 Å². The molecular weight excluding hydrogens is 208 g/mol. The van der Waals surface area contributed by atoms with Gasteiger partial charge in [-0.1, -0.05) is 0 Å². The van der Waals surface area contributed by atoms with Crippen LogP contribution in [-0.2, 0) is 4.74 Å². The van der Waals surface area contributed by atoms with Gasteiger partial charge in [-0.15, -0.1) is 11.8 Å². The molecule has 82 valence electrons. The third-order valence-corrected chi connectivity index (χ3v) is 3.22. The Bertz CT molecular complexity index is 296. The van der Waals surface area contributed by atoms with Crippen LogP contribution < -0.4 is 5.32 Å². The van der Waals surface area contributed by atoms with E-state index < -0.39 is 0 Å². The summed E-state index contributed by atoms with van der Waals surface area (Å²) < 4.78 is 5.32. The lowest BCUT2D eigenvalue weighted by atomic mass is 10.1. The first-order valence-electron chi connectivity index (χ1n) is 5.20. The van der Waals surface area contributed by atoms with Gasteiger partial charge in [-0.3, -0.25) is 0 Å². The molecule has 0 aliphatic carbocycles. The maximum atomic E-state index is 5.32. The molecular formula is C11H16N2OS. The number of hydrogen-bond acceptors (Lipinski definition) is 4. The van der Waals surface area contributed by atoms with Crippen molar-refractivity contribution in [1.82, 2.24) is 4.98 Å². The summed E-state index contributed by atoms with van der Waals surface area (Å²) in [6.45, 7) is 2.79. The van der Waals surface area contributed by atoms with Crippen molar-refractivity contribution in [3.8, 4) is 0 Å². The van der Waals surface area contributed by atoms with Crippen LogP contribution in [0.2, 0.25) is 0 Å². The van der Waals surface area contributed by atoms with Gasteiger partial charge in [-0.05, 0) is 24.8 Å². The van der Waals surface area contributed by atoms with Crippen LogP contribution in [0, 0.1) is 5.92 Å². The summed E-state index contributed by atoms with van der Waals surface area (Å²) in [6.07, 6.45) is 5.09. The zero-order chi connectivity index (χ0) is 10.5. The van der Waals surface area contributed by atoms with Gasteiger partial charge in [0, 0.05) is 19.1 Å². The van der Waals surface area contributed by atoms with Gasteiger partial charge in [0.15, 0.2) is 0 Å². The number of aromatic nitrogens is 1. The molecule has 1 fully saturated rings. The Kier molecular flexibility index (Phi) is 3.86. The SMILES string of the molecule is CSc1ccc(NCC2CCOC2)cn1. The minimum absolute atomic E-state index is 0.658. The first kappa shape index (κ1) is 10.8. The molecule has 0 saturated carbocycles. The summed E-state index contributed by atoms with van der Waals surface area (Å²) in [5, 5.41) is 4.45. The second kappa shape index (κ2) is 5.37. The summed E-state index contributed by atoms with van der Waals surface area (Å²) >= 11 is 1.66. The molecule has 0 spiro atoms. The van der Waals surface area contributed by atoms with Crippen LogP contribution in [0.1, 0.15) is 6.42 Å². The molecule has 1 N–H and O–H groups in total. The van der Waals surface area contributed by atoms with Crippen molar-refractivity contribution < 1.29 is 4.74 Å². The van der Waals surface area contributed by atoms with Gasteiger partial charge in [-0.25, -0.2) is 4.98 Å². The first-order chi connectivity index (χ1) is 7.38. The highest BCUT2D eigenvalue weighted by molar-refractivity contribution is 7.98. The molecule has 1 aliphatic rings. The molecule has 4 heteroatoms. The van der Waals surface area contributed by atoms with Crippen molar-refractivity contribution in [2.45, 2.75) is 11.4 Å². The van der Waals surface area contributed by atoms with Crippen molar-refractivity contribution in [2.75, 3.05) is 31.3 Å². The Labute approximate surface area is 94.6 Å². The zero-order valence-electron chi connectivity index (χ0n) is 8.90. The lowest BCUT2D eigenvalue weighted by Crippen LogP contribution is -2.14. The van der Waals surface area contributed by atoms with E-state index in [-0.39, 0.29) is 0 Å². The average Bonchev–Trinajstić information content (AvgIpc) is 2.80. The van der Waals surface area contributed by atoms with Crippen molar-refractivity contribution in [3.05, 3.63) is 18.3 Å². The molecule has 2 heterocycles. The molecule has 0 aromatic carbocycles. The summed E-state index contributed by atoms with van der Waals surface area (Å²) in [4.78, 5) is 4.31. The molecule has 1 aromatic rings. The number of hydrogen-bond donors (Lipinski definition) is 1. The fourth-order valence-corrected chi connectivity index (χ4v) is 1.97. The van der Waals surface area contributed by atoms with E-state index >= 15 is 0 Å². The maximum Gasteiger partial charge on any atom is 0.0958 e. The summed E-state index contributed by atoms with van der Waals surface area (Å²) in [5.41, 5.74) is 1.10. The lowest BCUT2D eigenvalue weighted by molar-refractivity contribution is 0.187. The van der Waals surface area contributed by atoms with Crippen molar-refractivity contribution >= 4 is 17.4 Å². The minimum atomic E-state index is 0.658. The molecule has 2 rings (SSSR count). The lowest BCUT2D eigenvalue weighted by Gasteiger charge is -2.10. The number of ether oxygens (including phenoxy) is 1. The van der Waals surface area contributed by atoms with E-state index in [1.54, 1.807) is 11.8 Å². The summed E-state index contributed by atoms with van der Waals surface area (Å²) in [6, 6.07) is 4.12. The molecule has 1 saturated heterocycles. The highest BCUT2D eigenvalue weighted by atomic mass is 32.2. The van der Waals surface area contributed by atoms with Gasteiger partial charge in [0.25, 0.3) is 0 Å². The average molecular weight is 224 g/mol. The quantitative estimate of drug-likeness (QED) is 0.795. The molecule has 0 amide bonds. The topological polar surface area (TPSA) is 34.1 Å². The van der Waals surface area contributed by atoms with Crippen molar-refractivity contribution in [2.24, 2.45) is 5.92 Å². The molecule has 1 unspecified atom stereocenters. The molecule has 3 nitrogen and oxygen atoms in total. The van der Waals surface area contributed by atoms with Gasteiger partial charge in [-0.2, -0.15) is 0 Å². The summed E-state index contributed by atoms with van der Waals surface area (Å²) in [7, 11) is 0. The van der Waals surface area contributed by atoms with Crippen molar-refractivity contribution in [3.63, 3.8) is 0 Å². The van der Waals surface area contributed by atoms with Crippen LogP contribution in [0.25, 0.3) is 0 Å². The Morgan fingerprint density at radius 1 is 1.60 bits per heavy atom. The number of pyridine rings is 1. The number of nitrogens with one attached hydrogen (secondary N) is 1. The Morgan fingerprint density at radius 2 is 2.53 bits per heavy atom. The number of anilines is 1. The third-order valence-electron chi connectivity index (χ3n) is 2.56. The first-order valence-corrected chi connectivity index (χ1v) is 6.42. The van der Waals surface area contributed by atoms with E-state index in [2.05, 4.69) is 16.4 Å². The van der Waals surface area contributed by atoms with Gasteiger partial charge in [0.2, 0.25) is 0 Å². The van der Waals surface area contributed by atoms with E-state index in [0.29, 0.717) is 5.92 Å². The summed E-state index contributed by atoms with van der Waals surface area (Å²) in [5.74, 6) is 0.658. The minimum Gasteiger partial charge on any atom is -0.383 e. The second-order valence-electron chi connectivity index (χ2n) is 3.70. The maximum absolute atomic E-state index is 5.32. The van der Waals surface area contributed by atoms with E-state index in [9.17, 15) is 0 Å². The largest absolute Gasteiger partial charge is 0.383 e.